The lowest BCUT2D eigenvalue weighted by Gasteiger charge is -2.47. The van der Waals surface area contributed by atoms with Crippen LogP contribution < -0.4 is 16.0 Å². The highest BCUT2D eigenvalue weighted by atomic mass is 35.5. The number of hydrogen-bond acceptors (Lipinski definition) is 4. The summed E-state index contributed by atoms with van der Waals surface area (Å²) in [4.78, 5) is 40.4. The van der Waals surface area contributed by atoms with Crippen LogP contribution in [0, 0.1) is 5.92 Å². The number of hydrogen-bond donors (Lipinski definition) is 4. The first kappa shape index (κ1) is 28.5. The van der Waals surface area contributed by atoms with Crippen LogP contribution in [0.4, 0.5) is 5.69 Å². The lowest BCUT2D eigenvalue weighted by atomic mass is 9.55. The Bertz CT molecular complexity index is 1380. The molecule has 0 bridgehead atoms. The highest BCUT2D eigenvalue weighted by Gasteiger charge is 2.72. The average Bonchev–Trinajstić information content (AvgIpc) is 3.41. The van der Waals surface area contributed by atoms with E-state index in [0.29, 0.717) is 47.8 Å². The first-order valence-corrected chi connectivity index (χ1v) is 15.7. The van der Waals surface area contributed by atoms with Gasteiger partial charge < -0.3 is 15.7 Å². The van der Waals surface area contributed by atoms with E-state index in [1.165, 1.54) is 0 Å². The fourth-order valence-corrected chi connectivity index (χ4v) is 8.96. The standard InChI is InChI=1S/C32H37Cl2N3O4/c1-2-21-22(7-6-8-24(21)34)26-27(28(38)35-20-12-9-18(10-13-20)29(39)40)37-31(15-4-3-5-16-31)32(26)23-14-11-19(33)17-25(23)36-30(32)41/h6-8,11,14,17-18,20,26-27,37H,2-5,9-10,12-13,15-16H2,1H3,(H,35,38)(H,36,41)(H,39,40)/t18-,20+,26-,27+,32+/m0/s1. The predicted octanol–water partition coefficient (Wildman–Crippen LogP) is 5.96. The second-order valence-corrected chi connectivity index (χ2v) is 13.1. The van der Waals surface area contributed by atoms with Crippen molar-refractivity contribution in [3.05, 3.63) is 63.1 Å². The van der Waals surface area contributed by atoms with Crippen LogP contribution in [0.25, 0.3) is 0 Å². The molecule has 2 amide bonds. The van der Waals surface area contributed by atoms with Gasteiger partial charge in [-0.3, -0.25) is 19.7 Å². The van der Waals surface area contributed by atoms with Crippen LogP contribution in [0.2, 0.25) is 10.0 Å². The van der Waals surface area contributed by atoms with E-state index in [0.717, 1.165) is 48.8 Å². The molecule has 2 aliphatic carbocycles. The normalized spacial score (nSPS) is 30.3. The molecule has 2 aromatic carbocycles. The van der Waals surface area contributed by atoms with Gasteiger partial charge in [0.15, 0.2) is 0 Å². The maximum Gasteiger partial charge on any atom is 0.306 e. The van der Waals surface area contributed by atoms with E-state index in [2.05, 4.69) is 22.9 Å². The number of carbonyl (C=O) groups excluding carboxylic acids is 2. The van der Waals surface area contributed by atoms with Crippen molar-refractivity contribution < 1.29 is 19.5 Å². The summed E-state index contributed by atoms with van der Waals surface area (Å²) in [6.45, 7) is 2.05. The molecule has 3 fully saturated rings. The van der Waals surface area contributed by atoms with Crippen LogP contribution in [0.5, 0.6) is 0 Å². The molecular weight excluding hydrogens is 561 g/mol. The molecule has 3 atom stereocenters. The highest BCUT2D eigenvalue weighted by molar-refractivity contribution is 6.31. The Morgan fingerprint density at radius 1 is 1.05 bits per heavy atom. The van der Waals surface area contributed by atoms with Crippen molar-refractivity contribution >= 4 is 46.7 Å². The molecule has 0 radical (unpaired) electrons. The second-order valence-electron chi connectivity index (χ2n) is 12.3. The molecule has 4 N–H and O–H groups in total. The smallest absolute Gasteiger partial charge is 0.306 e. The predicted molar refractivity (Wildman–Crippen MR) is 160 cm³/mol. The molecule has 0 unspecified atom stereocenters. The molecule has 6 rings (SSSR count). The SMILES string of the molecule is CCc1c(Cl)cccc1[C@H]1[C@H](C(=O)N[C@H]2CC[C@@H](C(=O)O)CC2)NC2(CCCCC2)[C@@]12C(=O)Nc1cc(Cl)ccc12. The number of nitrogens with one attached hydrogen (secondary N) is 3. The van der Waals surface area contributed by atoms with Gasteiger partial charge >= 0.3 is 5.97 Å². The third kappa shape index (κ3) is 4.47. The molecule has 2 heterocycles. The maximum atomic E-state index is 14.6. The molecule has 4 aliphatic rings. The lowest BCUT2D eigenvalue weighted by molar-refractivity contribution is -0.142. The molecular formula is C32H37Cl2N3O4. The molecule has 41 heavy (non-hydrogen) atoms. The molecule has 2 aliphatic heterocycles. The summed E-state index contributed by atoms with van der Waals surface area (Å²) >= 11 is 13.2. The fraction of sp³-hybridized carbons (Fsp3) is 0.531. The van der Waals surface area contributed by atoms with Crippen molar-refractivity contribution in [1.82, 2.24) is 10.6 Å². The van der Waals surface area contributed by atoms with E-state index in [1.54, 1.807) is 0 Å². The number of anilines is 1. The number of carbonyl (C=O) groups is 3. The van der Waals surface area contributed by atoms with Gasteiger partial charge in [0.05, 0.1) is 12.0 Å². The van der Waals surface area contributed by atoms with E-state index >= 15 is 0 Å². The summed E-state index contributed by atoms with van der Waals surface area (Å²) in [6, 6.07) is 10.6. The summed E-state index contributed by atoms with van der Waals surface area (Å²) in [5.74, 6) is -1.89. The van der Waals surface area contributed by atoms with Crippen LogP contribution in [-0.2, 0) is 26.2 Å². The Labute approximate surface area is 250 Å². The Kier molecular flexibility index (Phi) is 7.58. The first-order valence-electron chi connectivity index (χ1n) is 14.9. The van der Waals surface area contributed by atoms with Crippen molar-refractivity contribution in [2.24, 2.45) is 5.92 Å². The molecule has 2 saturated carbocycles. The number of carboxylic acids is 1. The van der Waals surface area contributed by atoms with E-state index in [9.17, 15) is 19.5 Å². The Morgan fingerprint density at radius 3 is 2.46 bits per heavy atom. The van der Waals surface area contributed by atoms with Crippen molar-refractivity contribution in [2.75, 3.05) is 5.32 Å². The van der Waals surface area contributed by atoms with Gasteiger partial charge in [0.1, 0.15) is 5.41 Å². The molecule has 0 aromatic heterocycles. The van der Waals surface area contributed by atoms with Crippen molar-refractivity contribution in [1.29, 1.82) is 0 Å². The number of amides is 2. The number of aliphatic carboxylic acids is 1. The summed E-state index contributed by atoms with van der Waals surface area (Å²) in [6.07, 6.45) is 7.54. The molecule has 2 spiro atoms. The maximum absolute atomic E-state index is 14.6. The summed E-state index contributed by atoms with van der Waals surface area (Å²) in [5.41, 5.74) is 1.78. The Balaban J connectivity index is 1.50. The second kappa shape index (κ2) is 10.9. The Hall–Kier alpha value is -2.61. The van der Waals surface area contributed by atoms with E-state index < -0.39 is 28.9 Å². The minimum Gasteiger partial charge on any atom is -0.481 e. The van der Waals surface area contributed by atoms with E-state index in [4.69, 9.17) is 23.2 Å². The Morgan fingerprint density at radius 2 is 1.78 bits per heavy atom. The van der Waals surface area contributed by atoms with E-state index in [-0.39, 0.29) is 23.8 Å². The lowest BCUT2D eigenvalue weighted by Crippen LogP contribution is -2.60. The van der Waals surface area contributed by atoms with Crippen molar-refractivity contribution in [3.8, 4) is 0 Å². The van der Waals surface area contributed by atoms with Gasteiger partial charge in [-0.1, -0.05) is 67.6 Å². The van der Waals surface area contributed by atoms with Crippen molar-refractivity contribution in [3.63, 3.8) is 0 Å². The van der Waals surface area contributed by atoms with Crippen molar-refractivity contribution in [2.45, 2.75) is 100 Å². The summed E-state index contributed by atoms with van der Waals surface area (Å²) in [5, 5.41) is 20.9. The zero-order valence-electron chi connectivity index (χ0n) is 23.3. The van der Waals surface area contributed by atoms with Crippen LogP contribution in [-0.4, -0.2) is 40.5 Å². The van der Waals surface area contributed by atoms with Gasteiger partial charge in [0.25, 0.3) is 0 Å². The summed E-state index contributed by atoms with van der Waals surface area (Å²) in [7, 11) is 0. The zero-order chi connectivity index (χ0) is 28.9. The molecule has 9 heteroatoms. The minimum absolute atomic E-state index is 0.103. The molecule has 1 saturated heterocycles. The largest absolute Gasteiger partial charge is 0.481 e. The van der Waals surface area contributed by atoms with Gasteiger partial charge in [0.2, 0.25) is 11.8 Å². The monoisotopic (exact) mass is 597 g/mol. The van der Waals surface area contributed by atoms with Gasteiger partial charge in [-0.15, -0.1) is 0 Å². The third-order valence-electron chi connectivity index (χ3n) is 10.3. The fourth-order valence-electron chi connectivity index (χ4n) is 8.47. The molecule has 218 valence electrons. The van der Waals surface area contributed by atoms with Gasteiger partial charge in [0, 0.05) is 33.2 Å². The number of halogens is 2. The molecule has 7 nitrogen and oxygen atoms in total. The van der Waals surface area contributed by atoms with E-state index in [1.807, 2.05) is 36.4 Å². The van der Waals surface area contributed by atoms with Gasteiger partial charge in [-0.2, -0.15) is 0 Å². The zero-order valence-corrected chi connectivity index (χ0v) is 24.8. The highest BCUT2D eigenvalue weighted by Crippen LogP contribution is 2.63. The van der Waals surface area contributed by atoms with Crippen LogP contribution in [0.1, 0.15) is 87.3 Å². The third-order valence-corrected chi connectivity index (χ3v) is 10.8. The van der Waals surface area contributed by atoms with Crippen LogP contribution >= 0.6 is 23.2 Å². The minimum atomic E-state index is -1.04. The van der Waals surface area contributed by atoms with Gasteiger partial charge in [-0.05, 0) is 79.8 Å². The molecule has 2 aromatic rings. The quantitative estimate of drug-likeness (QED) is 0.340. The van der Waals surface area contributed by atoms with Crippen LogP contribution in [0.15, 0.2) is 36.4 Å². The average molecular weight is 599 g/mol. The van der Waals surface area contributed by atoms with Gasteiger partial charge in [-0.25, -0.2) is 0 Å². The van der Waals surface area contributed by atoms with Crippen LogP contribution in [0.3, 0.4) is 0 Å². The number of fused-ring (bicyclic) bond motifs is 3. The number of carboxylic acid groups (broad SMARTS) is 1. The number of rotatable bonds is 5. The number of benzene rings is 2. The summed E-state index contributed by atoms with van der Waals surface area (Å²) < 4.78 is 0. The topological polar surface area (TPSA) is 108 Å². The first-order chi connectivity index (χ1) is 19.7.